The van der Waals surface area contributed by atoms with E-state index in [2.05, 4.69) is 10.3 Å². The molecular weight excluding hydrogens is 396 g/mol. The molecule has 1 aliphatic rings. The molecule has 0 atom stereocenters. The summed E-state index contributed by atoms with van der Waals surface area (Å²) in [7, 11) is 3.22. The first-order chi connectivity index (χ1) is 15.0. The number of ether oxygens (including phenoxy) is 1. The number of aryl methyl sites for hydroxylation is 1. The summed E-state index contributed by atoms with van der Waals surface area (Å²) in [5.41, 5.74) is 0.659. The third kappa shape index (κ3) is 4.23. The maximum absolute atomic E-state index is 13.0. The highest BCUT2D eigenvalue weighted by molar-refractivity contribution is 5.92. The lowest BCUT2D eigenvalue weighted by molar-refractivity contribution is -0.121. The van der Waals surface area contributed by atoms with Gasteiger partial charge < -0.3 is 10.1 Å². The van der Waals surface area contributed by atoms with E-state index in [1.807, 2.05) is 6.07 Å². The van der Waals surface area contributed by atoms with Gasteiger partial charge in [-0.3, -0.25) is 23.7 Å². The Morgan fingerprint density at radius 2 is 1.97 bits per heavy atom. The van der Waals surface area contributed by atoms with E-state index in [9.17, 15) is 14.4 Å². The van der Waals surface area contributed by atoms with Gasteiger partial charge in [-0.1, -0.05) is 0 Å². The fraction of sp³-hybridized carbons (Fsp3) is 0.391. The maximum atomic E-state index is 13.0. The van der Waals surface area contributed by atoms with Gasteiger partial charge in [0, 0.05) is 25.7 Å². The Labute approximate surface area is 179 Å². The highest BCUT2D eigenvalue weighted by Crippen LogP contribution is 2.30. The minimum Gasteiger partial charge on any atom is -0.497 e. The van der Waals surface area contributed by atoms with Crippen molar-refractivity contribution in [3.05, 3.63) is 63.6 Å². The zero-order valence-corrected chi connectivity index (χ0v) is 17.7. The van der Waals surface area contributed by atoms with Gasteiger partial charge in [-0.25, -0.2) is 4.79 Å². The summed E-state index contributed by atoms with van der Waals surface area (Å²) in [6.45, 7) is 0.357. The lowest BCUT2D eigenvalue weighted by Crippen LogP contribution is -2.41. The van der Waals surface area contributed by atoms with E-state index < -0.39 is 0 Å². The Balaban J connectivity index is 1.48. The number of amides is 1. The topological polar surface area (TPSA) is 95.2 Å². The number of aromatic nitrogens is 3. The predicted octanol–water partition coefficient (Wildman–Crippen LogP) is 2.55. The van der Waals surface area contributed by atoms with Crippen molar-refractivity contribution in [2.75, 3.05) is 12.4 Å². The van der Waals surface area contributed by atoms with Crippen LogP contribution >= 0.6 is 0 Å². The SMILES string of the molecule is COc1ccc2c(c1)c(=O)n(C[C@H]1CC[C@H](C(=O)Nc3cccnc3)CC1)c(=O)n2C. The van der Waals surface area contributed by atoms with Crippen molar-refractivity contribution < 1.29 is 9.53 Å². The zero-order valence-electron chi connectivity index (χ0n) is 17.7. The molecule has 1 saturated carbocycles. The molecule has 3 aromatic rings. The molecule has 8 heteroatoms. The number of pyridine rings is 1. The van der Waals surface area contributed by atoms with Gasteiger partial charge in [0.25, 0.3) is 5.56 Å². The van der Waals surface area contributed by atoms with E-state index in [-0.39, 0.29) is 29.0 Å². The van der Waals surface area contributed by atoms with Crippen LogP contribution in [0, 0.1) is 11.8 Å². The smallest absolute Gasteiger partial charge is 0.331 e. The van der Waals surface area contributed by atoms with Crippen LogP contribution in [0.2, 0.25) is 0 Å². The number of carbonyl (C=O) groups excluding carboxylic acids is 1. The summed E-state index contributed by atoms with van der Waals surface area (Å²) in [5.74, 6) is 0.681. The van der Waals surface area contributed by atoms with Crippen LogP contribution in [-0.2, 0) is 18.4 Å². The van der Waals surface area contributed by atoms with Crippen LogP contribution in [-0.4, -0.2) is 27.1 Å². The first-order valence-electron chi connectivity index (χ1n) is 10.5. The molecule has 0 bridgehead atoms. The lowest BCUT2D eigenvalue weighted by Gasteiger charge is -2.28. The van der Waals surface area contributed by atoms with Crippen LogP contribution in [0.15, 0.2) is 52.3 Å². The minimum atomic E-state index is -0.320. The number of methoxy groups -OCH3 is 1. The minimum absolute atomic E-state index is 0.00247. The Kier molecular flexibility index (Phi) is 5.88. The molecule has 1 N–H and O–H groups in total. The fourth-order valence-electron chi connectivity index (χ4n) is 4.33. The number of nitrogens with one attached hydrogen (secondary N) is 1. The molecule has 1 amide bonds. The Hall–Kier alpha value is -3.42. The number of hydrogen-bond acceptors (Lipinski definition) is 5. The van der Waals surface area contributed by atoms with E-state index in [1.165, 1.54) is 9.13 Å². The molecule has 2 heterocycles. The van der Waals surface area contributed by atoms with Gasteiger partial charge in [0.2, 0.25) is 5.91 Å². The van der Waals surface area contributed by atoms with E-state index >= 15 is 0 Å². The number of benzene rings is 1. The van der Waals surface area contributed by atoms with Crippen molar-refractivity contribution in [3.63, 3.8) is 0 Å². The summed E-state index contributed by atoms with van der Waals surface area (Å²) in [5, 5.41) is 3.37. The van der Waals surface area contributed by atoms with Gasteiger partial charge in [0.15, 0.2) is 0 Å². The number of carbonyl (C=O) groups is 1. The number of rotatable bonds is 5. The van der Waals surface area contributed by atoms with E-state index in [4.69, 9.17) is 4.74 Å². The monoisotopic (exact) mass is 422 g/mol. The van der Waals surface area contributed by atoms with E-state index in [0.717, 1.165) is 25.7 Å². The summed E-state index contributed by atoms with van der Waals surface area (Å²) < 4.78 is 8.06. The molecular formula is C23H26N4O4. The van der Waals surface area contributed by atoms with Crippen LogP contribution < -0.4 is 21.3 Å². The molecule has 0 radical (unpaired) electrons. The molecule has 2 aromatic heterocycles. The lowest BCUT2D eigenvalue weighted by atomic mass is 9.81. The molecule has 31 heavy (non-hydrogen) atoms. The largest absolute Gasteiger partial charge is 0.497 e. The van der Waals surface area contributed by atoms with Crippen LogP contribution in [0.3, 0.4) is 0 Å². The summed E-state index contributed by atoms with van der Waals surface area (Å²) in [6.07, 6.45) is 6.32. The molecule has 8 nitrogen and oxygen atoms in total. The maximum Gasteiger partial charge on any atom is 0.331 e. The van der Waals surface area contributed by atoms with Crippen LogP contribution in [0.4, 0.5) is 5.69 Å². The summed E-state index contributed by atoms with van der Waals surface area (Å²) in [4.78, 5) is 42.4. The number of nitrogens with zero attached hydrogens (tertiary/aromatic N) is 3. The average Bonchev–Trinajstić information content (AvgIpc) is 2.81. The third-order valence-corrected chi connectivity index (χ3v) is 6.15. The number of hydrogen-bond donors (Lipinski definition) is 1. The van der Waals surface area contributed by atoms with Crippen molar-refractivity contribution in [2.45, 2.75) is 32.2 Å². The second-order valence-electron chi connectivity index (χ2n) is 8.09. The molecule has 1 fully saturated rings. The normalized spacial score (nSPS) is 18.6. The van der Waals surface area contributed by atoms with Gasteiger partial charge in [-0.2, -0.15) is 0 Å². The molecule has 1 aliphatic carbocycles. The molecule has 162 valence electrons. The number of fused-ring (bicyclic) bond motifs is 1. The van der Waals surface area contributed by atoms with E-state index in [1.54, 1.807) is 50.8 Å². The fourth-order valence-corrected chi connectivity index (χ4v) is 4.33. The second kappa shape index (κ2) is 8.75. The first-order valence-corrected chi connectivity index (χ1v) is 10.5. The highest BCUT2D eigenvalue weighted by Gasteiger charge is 2.27. The summed E-state index contributed by atoms with van der Waals surface area (Å²) >= 11 is 0. The van der Waals surface area contributed by atoms with Gasteiger partial charge >= 0.3 is 5.69 Å². The second-order valence-corrected chi connectivity index (χ2v) is 8.09. The van der Waals surface area contributed by atoms with Crippen molar-refractivity contribution in [3.8, 4) is 5.75 Å². The predicted molar refractivity (Wildman–Crippen MR) is 118 cm³/mol. The van der Waals surface area contributed by atoms with Crippen molar-refractivity contribution in [1.82, 2.24) is 14.1 Å². The molecule has 1 aromatic carbocycles. The van der Waals surface area contributed by atoms with E-state index in [0.29, 0.717) is 28.9 Å². The molecule has 0 spiro atoms. The van der Waals surface area contributed by atoms with Crippen molar-refractivity contribution >= 4 is 22.5 Å². The molecule has 0 unspecified atom stereocenters. The Morgan fingerprint density at radius 1 is 1.19 bits per heavy atom. The molecule has 0 aliphatic heterocycles. The van der Waals surface area contributed by atoms with Crippen LogP contribution in [0.25, 0.3) is 10.9 Å². The van der Waals surface area contributed by atoms with Gasteiger partial charge in [0.1, 0.15) is 5.75 Å². The van der Waals surface area contributed by atoms with Gasteiger partial charge in [-0.15, -0.1) is 0 Å². The quantitative estimate of drug-likeness (QED) is 0.682. The van der Waals surface area contributed by atoms with Crippen molar-refractivity contribution in [1.29, 1.82) is 0 Å². The van der Waals surface area contributed by atoms with Gasteiger partial charge in [-0.05, 0) is 61.9 Å². The number of anilines is 1. The van der Waals surface area contributed by atoms with Gasteiger partial charge in [0.05, 0.1) is 29.9 Å². The molecule has 0 saturated heterocycles. The first kappa shape index (κ1) is 20.8. The average molecular weight is 422 g/mol. The third-order valence-electron chi connectivity index (χ3n) is 6.15. The van der Waals surface area contributed by atoms with Crippen LogP contribution in [0.1, 0.15) is 25.7 Å². The standard InChI is InChI=1S/C23H26N4O4/c1-26-20-10-9-18(31-2)12-19(20)22(29)27(23(26)30)14-15-5-7-16(8-6-15)21(28)25-17-4-3-11-24-13-17/h3-4,9-13,15-16H,5-8,14H2,1-2H3,(H,25,28)/t15-,16-. The highest BCUT2D eigenvalue weighted by atomic mass is 16.5. The Morgan fingerprint density at radius 3 is 2.65 bits per heavy atom. The van der Waals surface area contributed by atoms with Crippen molar-refractivity contribution in [2.24, 2.45) is 18.9 Å². The molecule has 4 rings (SSSR count). The Bertz CT molecular complexity index is 1210. The summed E-state index contributed by atoms with van der Waals surface area (Å²) in [6, 6.07) is 8.74. The zero-order chi connectivity index (χ0) is 22.0. The van der Waals surface area contributed by atoms with Crippen LogP contribution in [0.5, 0.6) is 5.75 Å².